The normalized spacial score (nSPS) is 17.1. The number of hydrogen-bond donors (Lipinski definition) is 0. The maximum Gasteiger partial charge on any atom is 0.185 e. The summed E-state index contributed by atoms with van der Waals surface area (Å²) in [6, 6.07) is 6.66. The SMILES string of the molecule is O=C(CSc1ccc2c(c1)CCC2)c1cnc(N2CCCCC2)s1. The second-order valence-electron chi connectivity index (χ2n) is 6.55. The number of nitrogens with zero attached hydrogens (tertiary/aromatic N) is 2. The molecule has 0 spiro atoms. The van der Waals surface area contributed by atoms with Gasteiger partial charge in [0.1, 0.15) is 0 Å². The lowest BCUT2D eigenvalue weighted by Gasteiger charge is -2.25. The van der Waals surface area contributed by atoms with Gasteiger partial charge in [-0.2, -0.15) is 0 Å². The van der Waals surface area contributed by atoms with Crippen LogP contribution in [0.2, 0.25) is 0 Å². The molecule has 1 aliphatic heterocycles. The Morgan fingerprint density at radius 3 is 2.83 bits per heavy atom. The lowest BCUT2D eigenvalue weighted by Crippen LogP contribution is -2.29. The van der Waals surface area contributed by atoms with Crippen LogP contribution in [-0.4, -0.2) is 29.6 Å². The van der Waals surface area contributed by atoms with Gasteiger partial charge in [-0.15, -0.1) is 11.8 Å². The van der Waals surface area contributed by atoms with Gasteiger partial charge in [-0.05, 0) is 61.8 Å². The van der Waals surface area contributed by atoms with E-state index in [2.05, 4.69) is 28.1 Å². The Kier molecular flexibility index (Phi) is 4.90. The molecule has 4 rings (SSSR count). The Hall–Kier alpha value is -1.33. The highest BCUT2D eigenvalue weighted by Crippen LogP contribution is 2.30. The lowest BCUT2D eigenvalue weighted by atomic mass is 10.1. The summed E-state index contributed by atoms with van der Waals surface area (Å²) in [4.78, 5) is 21.3. The number of hydrogen-bond acceptors (Lipinski definition) is 5. The number of fused-ring (bicyclic) bond motifs is 1. The number of aryl methyl sites for hydroxylation is 2. The number of carbonyl (C=O) groups is 1. The Morgan fingerprint density at radius 1 is 1.12 bits per heavy atom. The van der Waals surface area contributed by atoms with Gasteiger partial charge in [-0.25, -0.2) is 4.98 Å². The van der Waals surface area contributed by atoms with Crippen LogP contribution in [0.15, 0.2) is 29.3 Å². The highest BCUT2D eigenvalue weighted by Gasteiger charge is 2.17. The maximum absolute atomic E-state index is 12.5. The van der Waals surface area contributed by atoms with Crippen LogP contribution in [0, 0.1) is 0 Å². The van der Waals surface area contributed by atoms with Gasteiger partial charge in [-0.1, -0.05) is 17.4 Å². The predicted octanol–water partition coefficient (Wildman–Crippen LogP) is 4.60. The van der Waals surface area contributed by atoms with Crippen LogP contribution >= 0.6 is 23.1 Å². The van der Waals surface area contributed by atoms with Gasteiger partial charge < -0.3 is 4.90 Å². The van der Waals surface area contributed by atoms with Crippen molar-refractivity contribution in [2.45, 2.75) is 43.4 Å². The van der Waals surface area contributed by atoms with Crippen LogP contribution in [0.1, 0.15) is 46.5 Å². The van der Waals surface area contributed by atoms with Gasteiger partial charge in [0.25, 0.3) is 0 Å². The molecular weight excluding hydrogens is 336 g/mol. The molecule has 0 unspecified atom stereocenters. The van der Waals surface area contributed by atoms with E-state index in [1.54, 1.807) is 29.3 Å². The molecule has 1 aliphatic carbocycles. The number of Topliss-reactive ketones (excluding diaryl/α,β-unsaturated/α-hetero) is 1. The molecule has 0 amide bonds. The van der Waals surface area contributed by atoms with E-state index < -0.39 is 0 Å². The Balaban J connectivity index is 1.37. The number of piperidine rings is 1. The number of rotatable bonds is 5. The number of aromatic nitrogens is 1. The molecule has 3 nitrogen and oxygen atoms in total. The second-order valence-corrected chi connectivity index (χ2v) is 8.61. The monoisotopic (exact) mass is 358 g/mol. The fourth-order valence-corrected chi connectivity index (χ4v) is 5.32. The summed E-state index contributed by atoms with van der Waals surface area (Å²) >= 11 is 3.20. The van der Waals surface area contributed by atoms with Crippen molar-refractivity contribution in [3.63, 3.8) is 0 Å². The molecule has 1 saturated heterocycles. The molecule has 24 heavy (non-hydrogen) atoms. The molecule has 5 heteroatoms. The first-order valence-electron chi connectivity index (χ1n) is 8.78. The number of ketones is 1. The predicted molar refractivity (Wildman–Crippen MR) is 102 cm³/mol. The molecule has 1 aromatic carbocycles. The molecule has 2 heterocycles. The van der Waals surface area contributed by atoms with Crippen LogP contribution in [0.4, 0.5) is 5.13 Å². The van der Waals surface area contributed by atoms with Gasteiger partial charge in [0, 0.05) is 18.0 Å². The van der Waals surface area contributed by atoms with E-state index in [0.717, 1.165) is 23.1 Å². The van der Waals surface area contributed by atoms with Crippen molar-refractivity contribution in [1.29, 1.82) is 0 Å². The summed E-state index contributed by atoms with van der Waals surface area (Å²) < 4.78 is 0. The minimum atomic E-state index is 0.196. The minimum absolute atomic E-state index is 0.196. The molecule has 1 fully saturated rings. The van der Waals surface area contributed by atoms with Crippen LogP contribution in [0.5, 0.6) is 0 Å². The zero-order valence-corrected chi connectivity index (χ0v) is 15.4. The molecule has 0 N–H and O–H groups in total. The van der Waals surface area contributed by atoms with Gasteiger partial charge >= 0.3 is 0 Å². The van der Waals surface area contributed by atoms with Gasteiger partial charge in [0.05, 0.1) is 16.8 Å². The van der Waals surface area contributed by atoms with E-state index in [0.29, 0.717) is 5.75 Å². The number of thioether (sulfide) groups is 1. The standard InChI is InChI=1S/C19H22N2OS2/c22-17(13-23-16-8-7-14-5-4-6-15(14)11-16)18-12-20-19(24-18)21-9-2-1-3-10-21/h7-8,11-12H,1-6,9-10,13H2. The summed E-state index contributed by atoms with van der Waals surface area (Å²) in [5.74, 6) is 0.696. The van der Waals surface area contributed by atoms with E-state index in [1.807, 2.05) is 0 Å². The summed E-state index contributed by atoms with van der Waals surface area (Å²) in [5, 5.41) is 1.01. The first kappa shape index (κ1) is 16.2. The fourth-order valence-electron chi connectivity index (χ4n) is 3.48. The second kappa shape index (κ2) is 7.28. The molecule has 0 bridgehead atoms. The van der Waals surface area contributed by atoms with E-state index >= 15 is 0 Å². The maximum atomic E-state index is 12.5. The largest absolute Gasteiger partial charge is 0.348 e. The zero-order chi connectivity index (χ0) is 16.4. The Morgan fingerprint density at radius 2 is 1.96 bits per heavy atom. The zero-order valence-electron chi connectivity index (χ0n) is 13.8. The first-order chi connectivity index (χ1) is 11.8. The molecule has 2 aromatic rings. The van der Waals surface area contributed by atoms with Gasteiger partial charge in [0.2, 0.25) is 0 Å². The van der Waals surface area contributed by atoms with E-state index in [9.17, 15) is 4.79 Å². The fraction of sp³-hybridized carbons (Fsp3) is 0.474. The van der Waals surface area contributed by atoms with Crippen LogP contribution in [0.3, 0.4) is 0 Å². The van der Waals surface area contributed by atoms with Gasteiger partial charge in [0.15, 0.2) is 10.9 Å². The number of benzene rings is 1. The van der Waals surface area contributed by atoms with E-state index in [4.69, 9.17) is 0 Å². The molecule has 1 aromatic heterocycles. The first-order valence-corrected chi connectivity index (χ1v) is 10.6. The third-order valence-electron chi connectivity index (χ3n) is 4.83. The molecular formula is C19H22N2OS2. The number of carbonyl (C=O) groups excluding carboxylic acids is 1. The Bertz CT molecular complexity index is 735. The van der Waals surface area contributed by atoms with E-state index in [-0.39, 0.29) is 5.78 Å². The highest BCUT2D eigenvalue weighted by molar-refractivity contribution is 8.00. The van der Waals surface area contributed by atoms with Crippen molar-refractivity contribution in [3.05, 3.63) is 40.4 Å². The smallest absolute Gasteiger partial charge is 0.185 e. The molecule has 2 aliphatic rings. The Labute approximate surface area is 151 Å². The quantitative estimate of drug-likeness (QED) is 0.578. The van der Waals surface area contributed by atoms with Crippen molar-refractivity contribution >= 4 is 34.0 Å². The average Bonchev–Trinajstić information content (AvgIpc) is 3.29. The summed E-state index contributed by atoms with van der Waals surface area (Å²) in [7, 11) is 0. The van der Waals surface area contributed by atoms with Crippen LogP contribution in [0.25, 0.3) is 0 Å². The molecule has 0 saturated carbocycles. The van der Waals surface area contributed by atoms with Crippen molar-refractivity contribution in [2.75, 3.05) is 23.7 Å². The van der Waals surface area contributed by atoms with E-state index in [1.165, 1.54) is 54.5 Å². The molecule has 126 valence electrons. The summed E-state index contributed by atoms with van der Waals surface area (Å²) in [5.41, 5.74) is 2.96. The third-order valence-corrected chi connectivity index (χ3v) is 6.93. The van der Waals surface area contributed by atoms with Crippen LogP contribution in [-0.2, 0) is 12.8 Å². The minimum Gasteiger partial charge on any atom is -0.348 e. The van der Waals surface area contributed by atoms with Crippen molar-refractivity contribution in [3.8, 4) is 0 Å². The van der Waals surface area contributed by atoms with Crippen molar-refractivity contribution in [2.24, 2.45) is 0 Å². The van der Waals surface area contributed by atoms with Gasteiger partial charge in [-0.3, -0.25) is 4.79 Å². The molecule has 0 atom stereocenters. The lowest BCUT2D eigenvalue weighted by molar-refractivity contribution is 0.102. The van der Waals surface area contributed by atoms with Crippen molar-refractivity contribution in [1.82, 2.24) is 4.98 Å². The topological polar surface area (TPSA) is 33.2 Å². The number of anilines is 1. The third kappa shape index (κ3) is 3.52. The molecule has 0 radical (unpaired) electrons. The summed E-state index contributed by atoms with van der Waals surface area (Å²) in [6.45, 7) is 2.15. The highest BCUT2D eigenvalue weighted by atomic mass is 32.2. The summed E-state index contributed by atoms with van der Waals surface area (Å²) in [6.07, 6.45) is 9.20. The van der Waals surface area contributed by atoms with Crippen LogP contribution < -0.4 is 4.90 Å². The van der Waals surface area contributed by atoms with Crippen molar-refractivity contribution < 1.29 is 4.79 Å². The number of thiazole rings is 1. The average molecular weight is 359 g/mol.